The highest BCUT2D eigenvalue weighted by Gasteiger charge is 2.41. The average molecular weight is 281 g/mol. The Hall–Kier alpha value is -2.22. The lowest BCUT2D eigenvalue weighted by molar-refractivity contribution is -0.385. The molecule has 1 saturated heterocycles. The quantitative estimate of drug-likeness (QED) is 0.633. The molecular weight excluding hydrogens is 266 g/mol. The summed E-state index contributed by atoms with van der Waals surface area (Å²) in [6.45, 7) is 3.98. The first-order valence-electron chi connectivity index (χ1n) is 6.02. The fraction of sp³-hybridized carbons (Fsp3) is 0.500. The van der Waals surface area contributed by atoms with Gasteiger partial charge in [0, 0.05) is 24.8 Å². The number of nitro groups is 1. The minimum Gasteiger partial charge on any atom is -0.480 e. The van der Waals surface area contributed by atoms with Gasteiger partial charge in [-0.1, -0.05) is 0 Å². The third kappa shape index (κ3) is 2.85. The van der Waals surface area contributed by atoms with Crippen molar-refractivity contribution < 1.29 is 19.6 Å². The summed E-state index contributed by atoms with van der Waals surface area (Å²) < 4.78 is 5.28. The molecule has 1 fully saturated rings. The van der Waals surface area contributed by atoms with Crippen LogP contribution < -0.4 is 4.90 Å². The summed E-state index contributed by atoms with van der Waals surface area (Å²) in [6, 6.07) is 1.42. The highest BCUT2D eigenvalue weighted by atomic mass is 16.6. The van der Waals surface area contributed by atoms with Gasteiger partial charge in [-0.25, -0.2) is 9.78 Å². The molecule has 0 radical (unpaired) electrons. The molecule has 2 rings (SSSR count). The van der Waals surface area contributed by atoms with Crippen LogP contribution in [0.4, 0.5) is 11.5 Å². The fourth-order valence-electron chi connectivity index (χ4n) is 2.12. The van der Waals surface area contributed by atoms with Gasteiger partial charge in [0.1, 0.15) is 18.0 Å². The maximum atomic E-state index is 10.9. The number of carboxylic acid groups (broad SMARTS) is 1. The third-order valence-corrected chi connectivity index (χ3v) is 3.18. The normalized spacial score (nSPS) is 16.6. The van der Waals surface area contributed by atoms with Crippen molar-refractivity contribution in [1.29, 1.82) is 0 Å². The van der Waals surface area contributed by atoms with Crippen molar-refractivity contribution in [3.63, 3.8) is 0 Å². The second kappa shape index (κ2) is 5.04. The van der Waals surface area contributed by atoms with Gasteiger partial charge < -0.3 is 14.7 Å². The zero-order valence-electron chi connectivity index (χ0n) is 11.2. The second-order valence-corrected chi connectivity index (χ2v) is 5.07. The van der Waals surface area contributed by atoms with Gasteiger partial charge in [-0.15, -0.1) is 0 Å². The van der Waals surface area contributed by atoms with Gasteiger partial charge in [-0.3, -0.25) is 10.1 Å². The molecule has 0 spiro atoms. The van der Waals surface area contributed by atoms with E-state index >= 15 is 0 Å². The zero-order chi connectivity index (χ0) is 14.9. The van der Waals surface area contributed by atoms with Crippen molar-refractivity contribution in [2.24, 2.45) is 0 Å². The minimum absolute atomic E-state index is 0.0232. The Morgan fingerprint density at radius 1 is 1.65 bits per heavy atom. The molecule has 0 aliphatic carbocycles. The number of aromatic nitrogens is 1. The van der Waals surface area contributed by atoms with Crippen LogP contribution in [0.1, 0.15) is 12.5 Å². The fourth-order valence-corrected chi connectivity index (χ4v) is 2.12. The maximum absolute atomic E-state index is 10.9. The molecule has 1 aliphatic rings. The van der Waals surface area contributed by atoms with E-state index in [1.165, 1.54) is 12.3 Å². The summed E-state index contributed by atoms with van der Waals surface area (Å²) in [6.07, 6.45) is 1.46. The van der Waals surface area contributed by atoms with Crippen molar-refractivity contribution in [2.45, 2.75) is 19.4 Å². The first kappa shape index (κ1) is 14.2. The third-order valence-electron chi connectivity index (χ3n) is 3.18. The van der Waals surface area contributed by atoms with Gasteiger partial charge in [0.2, 0.25) is 0 Å². The molecule has 108 valence electrons. The van der Waals surface area contributed by atoms with Crippen molar-refractivity contribution in [3.05, 3.63) is 27.9 Å². The van der Waals surface area contributed by atoms with Gasteiger partial charge in [0.15, 0.2) is 0 Å². The number of ether oxygens (including phenoxy) is 1. The number of carbonyl (C=O) groups is 1. The number of nitrogens with zero attached hydrogens (tertiary/aromatic N) is 3. The van der Waals surface area contributed by atoms with E-state index in [9.17, 15) is 14.9 Å². The lowest BCUT2D eigenvalue weighted by Gasteiger charge is -2.47. The molecule has 1 aliphatic heterocycles. The van der Waals surface area contributed by atoms with Crippen LogP contribution in [0.2, 0.25) is 0 Å². The van der Waals surface area contributed by atoms with E-state index in [1.54, 1.807) is 13.8 Å². The molecule has 0 atom stereocenters. The van der Waals surface area contributed by atoms with Crippen LogP contribution in [0.15, 0.2) is 12.3 Å². The van der Waals surface area contributed by atoms with E-state index in [2.05, 4.69) is 4.98 Å². The highest BCUT2D eigenvalue weighted by molar-refractivity contribution is 5.68. The Morgan fingerprint density at radius 2 is 2.30 bits per heavy atom. The van der Waals surface area contributed by atoms with Gasteiger partial charge in [0.05, 0.1) is 11.0 Å². The molecule has 2 heterocycles. The number of aryl methyl sites for hydroxylation is 1. The number of pyridine rings is 1. The smallest absolute Gasteiger partial charge is 0.329 e. The molecule has 1 aromatic heterocycles. The molecular formula is C12H15N3O5. The molecule has 0 amide bonds. The molecule has 1 aromatic rings. The first-order chi connectivity index (χ1) is 9.31. The van der Waals surface area contributed by atoms with Crippen LogP contribution in [0.3, 0.4) is 0 Å². The van der Waals surface area contributed by atoms with E-state index in [1.807, 2.05) is 4.90 Å². The van der Waals surface area contributed by atoms with Gasteiger partial charge in [-0.2, -0.15) is 0 Å². The van der Waals surface area contributed by atoms with Crippen LogP contribution in [0, 0.1) is 17.0 Å². The molecule has 0 bridgehead atoms. The summed E-state index contributed by atoms with van der Waals surface area (Å²) in [4.78, 5) is 26.9. The number of rotatable bonds is 5. The first-order valence-corrected chi connectivity index (χ1v) is 6.02. The SMILES string of the molecule is Cc1cnc(N2CC(C)(OCC(=O)O)C2)cc1[N+](=O)[O-]. The van der Waals surface area contributed by atoms with Crippen LogP contribution >= 0.6 is 0 Å². The predicted molar refractivity (Wildman–Crippen MR) is 69.8 cm³/mol. The highest BCUT2D eigenvalue weighted by Crippen LogP contribution is 2.31. The van der Waals surface area contributed by atoms with Crippen molar-refractivity contribution >= 4 is 17.5 Å². The van der Waals surface area contributed by atoms with Crippen molar-refractivity contribution in [3.8, 4) is 0 Å². The average Bonchev–Trinajstić information content (AvgIpc) is 2.33. The van der Waals surface area contributed by atoms with Crippen molar-refractivity contribution in [2.75, 3.05) is 24.6 Å². The summed E-state index contributed by atoms with van der Waals surface area (Å²) >= 11 is 0. The van der Waals surface area contributed by atoms with Crippen LogP contribution in [-0.2, 0) is 9.53 Å². The summed E-state index contributed by atoms with van der Waals surface area (Å²) in [5, 5.41) is 19.5. The molecule has 8 heteroatoms. The standard InChI is InChI=1S/C12H15N3O5/c1-8-4-13-10(3-9(8)15(18)19)14-6-12(2,7-14)20-5-11(16)17/h3-4H,5-7H2,1-2H3,(H,16,17). The largest absolute Gasteiger partial charge is 0.480 e. The Morgan fingerprint density at radius 3 is 2.85 bits per heavy atom. The minimum atomic E-state index is -1.02. The van der Waals surface area contributed by atoms with Gasteiger partial charge in [-0.05, 0) is 13.8 Å². The molecule has 20 heavy (non-hydrogen) atoms. The maximum Gasteiger partial charge on any atom is 0.329 e. The van der Waals surface area contributed by atoms with Gasteiger partial charge >= 0.3 is 5.97 Å². The molecule has 0 unspecified atom stereocenters. The Bertz CT molecular complexity index is 554. The number of aliphatic carboxylic acids is 1. The Balaban J connectivity index is 2.04. The Labute approximate surface area is 115 Å². The lowest BCUT2D eigenvalue weighted by atomic mass is 9.96. The zero-order valence-corrected chi connectivity index (χ0v) is 11.2. The van der Waals surface area contributed by atoms with Gasteiger partial charge in [0.25, 0.3) is 5.69 Å². The van der Waals surface area contributed by atoms with E-state index in [0.717, 1.165) is 0 Å². The van der Waals surface area contributed by atoms with Crippen LogP contribution in [0.5, 0.6) is 0 Å². The van der Waals surface area contributed by atoms with E-state index < -0.39 is 16.5 Å². The van der Waals surface area contributed by atoms with Crippen LogP contribution in [0.25, 0.3) is 0 Å². The molecule has 1 N–H and O–H groups in total. The topological polar surface area (TPSA) is 106 Å². The summed E-state index contributed by atoms with van der Waals surface area (Å²) in [5.41, 5.74) is -0.0288. The lowest BCUT2D eigenvalue weighted by Crippen LogP contribution is -2.62. The number of hydrogen-bond acceptors (Lipinski definition) is 6. The van der Waals surface area contributed by atoms with Crippen LogP contribution in [-0.4, -0.2) is 46.3 Å². The van der Waals surface area contributed by atoms with Crippen molar-refractivity contribution in [1.82, 2.24) is 4.98 Å². The monoisotopic (exact) mass is 281 g/mol. The number of anilines is 1. The summed E-state index contributed by atoms with van der Waals surface area (Å²) in [5.74, 6) is -0.521. The Kier molecular flexibility index (Phi) is 3.58. The molecule has 8 nitrogen and oxygen atoms in total. The summed E-state index contributed by atoms with van der Waals surface area (Å²) in [7, 11) is 0. The molecule has 0 saturated carbocycles. The van der Waals surface area contributed by atoms with E-state index in [-0.39, 0.29) is 12.3 Å². The van der Waals surface area contributed by atoms with E-state index in [4.69, 9.17) is 9.84 Å². The predicted octanol–water partition coefficient (Wildman–Crippen LogP) is 0.978. The number of carboxylic acids is 1. The number of hydrogen-bond donors (Lipinski definition) is 1. The van der Waals surface area contributed by atoms with E-state index in [0.29, 0.717) is 24.5 Å². The molecule has 0 aromatic carbocycles. The second-order valence-electron chi connectivity index (χ2n) is 5.07.